The van der Waals surface area contributed by atoms with Crippen LogP contribution in [0, 0.1) is 11.3 Å². The lowest BCUT2D eigenvalue weighted by Gasteiger charge is -2.13. The zero-order chi connectivity index (χ0) is 15.5. The highest BCUT2D eigenvalue weighted by Crippen LogP contribution is 2.39. The van der Waals surface area contributed by atoms with Crippen LogP contribution < -0.4 is 10.1 Å². The number of hydrogen-bond donors (Lipinski definition) is 2. The van der Waals surface area contributed by atoms with E-state index < -0.39 is 6.10 Å². The fourth-order valence-electron chi connectivity index (χ4n) is 2.10. The molecule has 0 aliphatic heterocycles. The summed E-state index contributed by atoms with van der Waals surface area (Å²) in [6.07, 6.45) is 1.69. The van der Waals surface area contributed by atoms with Gasteiger partial charge in [-0.05, 0) is 44.0 Å². The van der Waals surface area contributed by atoms with Crippen molar-refractivity contribution in [3.8, 4) is 11.8 Å². The van der Waals surface area contributed by atoms with Crippen LogP contribution in [0.3, 0.4) is 0 Å². The second-order valence-electron chi connectivity index (χ2n) is 5.37. The fraction of sp³-hybridized carbons (Fsp3) is 0.312. The van der Waals surface area contributed by atoms with Gasteiger partial charge in [0.15, 0.2) is 11.9 Å². The molecule has 1 saturated carbocycles. The first-order chi connectivity index (χ1) is 10.7. The van der Waals surface area contributed by atoms with Gasteiger partial charge in [0.1, 0.15) is 5.75 Å². The van der Waals surface area contributed by atoms with E-state index in [1.54, 1.807) is 31.2 Å². The molecule has 0 saturated heterocycles. The number of hydrogen-bond acceptors (Lipinski definition) is 4. The van der Waals surface area contributed by atoms with Crippen molar-refractivity contribution >= 4 is 11.7 Å². The summed E-state index contributed by atoms with van der Waals surface area (Å²) in [6, 6.07) is 10.5. The number of ether oxygens (including phenoxy) is 1. The number of rotatable bonds is 5. The third kappa shape index (κ3) is 3.26. The maximum Gasteiger partial charge on any atom is 0.266 e. The first-order valence-electron chi connectivity index (χ1n) is 7.18. The zero-order valence-corrected chi connectivity index (χ0v) is 12.2. The molecule has 1 fully saturated rings. The van der Waals surface area contributed by atoms with Gasteiger partial charge in [0.25, 0.3) is 5.91 Å². The number of benzene rings is 1. The van der Waals surface area contributed by atoms with E-state index in [9.17, 15) is 4.79 Å². The Balaban J connectivity index is 1.57. The van der Waals surface area contributed by atoms with Crippen LogP contribution in [0.1, 0.15) is 36.9 Å². The molecule has 3 rings (SSSR count). The third-order valence-corrected chi connectivity index (χ3v) is 3.53. The summed E-state index contributed by atoms with van der Waals surface area (Å²) in [5, 5.41) is 18.5. The molecule has 22 heavy (non-hydrogen) atoms. The summed E-state index contributed by atoms with van der Waals surface area (Å²) in [4.78, 5) is 12.1. The van der Waals surface area contributed by atoms with E-state index in [0.29, 0.717) is 23.0 Å². The molecular formula is C16H16N4O2. The highest BCUT2D eigenvalue weighted by molar-refractivity contribution is 5.93. The van der Waals surface area contributed by atoms with Gasteiger partial charge in [-0.2, -0.15) is 10.4 Å². The number of aromatic nitrogens is 2. The highest BCUT2D eigenvalue weighted by atomic mass is 16.5. The predicted octanol–water partition coefficient (Wildman–Crippen LogP) is 2.56. The molecular weight excluding hydrogens is 280 g/mol. The zero-order valence-electron chi connectivity index (χ0n) is 12.2. The number of nitrogens with zero attached hydrogens (tertiary/aromatic N) is 2. The summed E-state index contributed by atoms with van der Waals surface area (Å²) in [5.41, 5.74) is 1.62. The molecule has 0 spiro atoms. The predicted molar refractivity (Wildman–Crippen MR) is 80.4 cm³/mol. The van der Waals surface area contributed by atoms with E-state index in [4.69, 9.17) is 10.00 Å². The molecule has 1 heterocycles. The van der Waals surface area contributed by atoms with E-state index in [-0.39, 0.29) is 5.91 Å². The van der Waals surface area contributed by atoms with Crippen molar-refractivity contribution in [2.45, 2.75) is 31.8 Å². The summed E-state index contributed by atoms with van der Waals surface area (Å²) in [6.45, 7) is 1.67. The smallest absolute Gasteiger partial charge is 0.266 e. The Bertz CT molecular complexity index is 710. The van der Waals surface area contributed by atoms with Crippen LogP contribution in [0.4, 0.5) is 5.82 Å². The summed E-state index contributed by atoms with van der Waals surface area (Å²) in [5.74, 6) is 1.35. The minimum atomic E-state index is -0.658. The number of nitriles is 1. The van der Waals surface area contributed by atoms with Gasteiger partial charge in [-0.15, -0.1) is 0 Å². The van der Waals surface area contributed by atoms with Crippen molar-refractivity contribution in [1.29, 1.82) is 5.26 Å². The first-order valence-corrected chi connectivity index (χ1v) is 7.18. The van der Waals surface area contributed by atoms with E-state index >= 15 is 0 Å². The van der Waals surface area contributed by atoms with Gasteiger partial charge >= 0.3 is 0 Å². The van der Waals surface area contributed by atoms with E-state index in [2.05, 4.69) is 15.5 Å². The van der Waals surface area contributed by atoms with Crippen LogP contribution >= 0.6 is 0 Å². The maximum atomic E-state index is 12.1. The summed E-state index contributed by atoms with van der Waals surface area (Å²) in [7, 11) is 0. The minimum Gasteiger partial charge on any atom is -0.481 e. The van der Waals surface area contributed by atoms with E-state index in [1.165, 1.54) is 12.8 Å². The third-order valence-electron chi connectivity index (χ3n) is 3.53. The summed E-state index contributed by atoms with van der Waals surface area (Å²) < 4.78 is 5.55. The number of aromatic amines is 1. The second kappa shape index (κ2) is 5.90. The number of H-pyrrole nitrogens is 1. The van der Waals surface area contributed by atoms with Gasteiger partial charge in [0.05, 0.1) is 11.6 Å². The molecule has 1 aliphatic carbocycles. The van der Waals surface area contributed by atoms with Gasteiger partial charge < -0.3 is 10.1 Å². The van der Waals surface area contributed by atoms with Gasteiger partial charge in [-0.1, -0.05) is 0 Å². The number of amides is 1. The lowest BCUT2D eigenvalue weighted by atomic mass is 10.2. The molecule has 112 valence electrons. The first kappa shape index (κ1) is 14.1. The average Bonchev–Trinajstić information content (AvgIpc) is 3.28. The largest absolute Gasteiger partial charge is 0.481 e. The van der Waals surface area contributed by atoms with Gasteiger partial charge in [-0.3, -0.25) is 9.89 Å². The molecule has 2 aromatic rings. The fourth-order valence-corrected chi connectivity index (χ4v) is 2.10. The monoisotopic (exact) mass is 296 g/mol. The molecule has 0 bridgehead atoms. The van der Waals surface area contributed by atoms with Crippen molar-refractivity contribution in [3.05, 3.63) is 41.6 Å². The number of anilines is 1. The van der Waals surface area contributed by atoms with Crippen LogP contribution in [-0.4, -0.2) is 22.2 Å². The molecule has 0 radical (unpaired) electrons. The van der Waals surface area contributed by atoms with Crippen LogP contribution in [-0.2, 0) is 4.79 Å². The van der Waals surface area contributed by atoms with Gasteiger partial charge in [0.2, 0.25) is 0 Å². The molecule has 6 heteroatoms. The molecule has 2 N–H and O–H groups in total. The number of carbonyl (C=O) groups excluding carboxylic acids is 1. The SMILES string of the molecule is C[C@@H](Oc1ccc(C#N)cc1)C(=O)Nc1cc(C2CC2)[nH]n1. The highest BCUT2D eigenvalue weighted by Gasteiger charge is 2.26. The second-order valence-corrected chi connectivity index (χ2v) is 5.37. The molecule has 1 aliphatic rings. The summed E-state index contributed by atoms with van der Waals surface area (Å²) >= 11 is 0. The molecule has 1 aromatic carbocycles. The minimum absolute atomic E-state index is 0.266. The lowest BCUT2D eigenvalue weighted by Crippen LogP contribution is -2.30. The number of nitrogens with one attached hydrogen (secondary N) is 2. The van der Waals surface area contributed by atoms with E-state index in [0.717, 1.165) is 5.69 Å². The number of carbonyl (C=O) groups is 1. The van der Waals surface area contributed by atoms with Gasteiger partial charge in [0, 0.05) is 17.7 Å². The van der Waals surface area contributed by atoms with Crippen molar-refractivity contribution in [1.82, 2.24) is 10.2 Å². The van der Waals surface area contributed by atoms with Crippen LogP contribution in [0.25, 0.3) is 0 Å². The average molecular weight is 296 g/mol. The Morgan fingerprint density at radius 3 is 2.82 bits per heavy atom. The van der Waals surface area contributed by atoms with Crippen LogP contribution in [0.5, 0.6) is 5.75 Å². The Morgan fingerprint density at radius 2 is 2.18 bits per heavy atom. The Hall–Kier alpha value is -2.81. The quantitative estimate of drug-likeness (QED) is 0.887. The maximum absolute atomic E-state index is 12.1. The Labute approximate surface area is 128 Å². The molecule has 1 atom stereocenters. The van der Waals surface area contributed by atoms with Crippen molar-refractivity contribution in [3.63, 3.8) is 0 Å². The van der Waals surface area contributed by atoms with Crippen molar-refractivity contribution in [2.75, 3.05) is 5.32 Å². The Morgan fingerprint density at radius 1 is 1.45 bits per heavy atom. The van der Waals surface area contributed by atoms with Gasteiger partial charge in [-0.25, -0.2) is 0 Å². The molecule has 1 amide bonds. The van der Waals surface area contributed by atoms with Crippen LogP contribution in [0.2, 0.25) is 0 Å². The Kier molecular flexibility index (Phi) is 3.79. The molecule has 1 aromatic heterocycles. The topological polar surface area (TPSA) is 90.8 Å². The van der Waals surface area contributed by atoms with Crippen LogP contribution in [0.15, 0.2) is 30.3 Å². The van der Waals surface area contributed by atoms with Crippen molar-refractivity contribution < 1.29 is 9.53 Å². The van der Waals surface area contributed by atoms with Crippen molar-refractivity contribution in [2.24, 2.45) is 0 Å². The standard InChI is InChI=1S/C16H16N4O2/c1-10(22-13-6-2-11(9-17)3-7-13)16(21)18-15-8-14(19-20-15)12-4-5-12/h2-3,6-8,10,12H,4-5H2,1H3,(H2,18,19,20,21)/t10-/m1/s1. The normalized spacial score (nSPS) is 14.9. The molecule has 0 unspecified atom stereocenters. The lowest BCUT2D eigenvalue weighted by molar-refractivity contribution is -0.122. The molecule has 6 nitrogen and oxygen atoms in total. The van der Waals surface area contributed by atoms with E-state index in [1.807, 2.05) is 12.1 Å².